The van der Waals surface area contributed by atoms with Gasteiger partial charge in [-0.3, -0.25) is 43.3 Å². The van der Waals surface area contributed by atoms with Crippen LogP contribution in [0.3, 0.4) is 0 Å². The van der Waals surface area contributed by atoms with Crippen molar-refractivity contribution in [2.75, 3.05) is 117 Å². The van der Waals surface area contributed by atoms with Crippen molar-refractivity contribution in [3.05, 3.63) is 107 Å². The van der Waals surface area contributed by atoms with Gasteiger partial charge < -0.3 is 40.5 Å². The number of hydrogen-bond acceptors (Lipinski definition) is 12. The summed E-state index contributed by atoms with van der Waals surface area (Å²) in [4.78, 5) is 73.8. The van der Waals surface area contributed by atoms with Crippen LogP contribution in [0.2, 0.25) is 0 Å². The van der Waals surface area contributed by atoms with Crippen molar-refractivity contribution in [3.63, 3.8) is 0 Å². The molecule has 0 radical (unpaired) electrons. The minimum atomic E-state index is -1.15. The van der Waals surface area contributed by atoms with Gasteiger partial charge in [0.15, 0.2) is 5.11 Å². The summed E-state index contributed by atoms with van der Waals surface area (Å²) in [5, 5.41) is 52.7. The van der Waals surface area contributed by atoms with Gasteiger partial charge in [-0.15, -0.1) is 0 Å². The molecule has 2 aliphatic heterocycles. The van der Waals surface area contributed by atoms with E-state index in [1.54, 1.807) is 43.9 Å². The van der Waals surface area contributed by atoms with Crippen molar-refractivity contribution in [1.29, 1.82) is 0 Å². The Bertz CT molecular complexity index is 2600. The van der Waals surface area contributed by atoms with Crippen molar-refractivity contribution in [3.8, 4) is 11.5 Å². The fourth-order valence-electron chi connectivity index (χ4n) is 8.47. The molecule has 0 saturated carbocycles. The van der Waals surface area contributed by atoms with Crippen LogP contribution in [-0.2, 0) is 30.4 Å². The second-order valence-electron chi connectivity index (χ2n) is 18.2. The average molecular weight is 968 g/mol. The SMILES string of the molecule is CN(C)c1ccc2c(c1)Oc1cc([N+](C)(C)C)ccc1/C2=C1C=C/C(=N/C(=S)Nc2ccc(CC3CN(CC(=O)O)CCN(CC(=O)O)CCN(CC(=O)O)CCN3CC(=O)O)cc2)C=C\1C(=O)O. The summed E-state index contributed by atoms with van der Waals surface area (Å²) < 4.78 is 7.04. The lowest BCUT2D eigenvalue weighted by atomic mass is 9.84. The molecule has 1 fully saturated rings. The summed E-state index contributed by atoms with van der Waals surface area (Å²) in [5.74, 6) is -4.32. The molecule has 3 aromatic rings. The number of carboxylic acids is 5. The lowest BCUT2D eigenvalue weighted by Crippen LogP contribution is -2.53. The number of carboxylic acid groups (broad SMARTS) is 5. The van der Waals surface area contributed by atoms with Crippen molar-refractivity contribution in [1.82, 2.24) is 24.1 Å². The molecular weight excluding hydrogens is 909 g/mol. The zero-order valence-electron chi connectivity index (χ0n) is 39.3. The van der Waals surface area contributed by atoms with Gasteiger partial charge in [0.05, 0.1) is 58.6 Å². The van der Waals surface area contributed by atoms with Crippen LogP contribution < -0.4 is 19.4 Å². The molecule has 6 N–H and O–H groups in total. The van der Waals surface area contributed by atoms with Gasteiger partial charge in [0.2, 0.25) is 0 Å². The molecule has 0 spiro atoms. The number of aliphatic carboxylic acids is 5. The molecule has 6 rings (SSSR count). The van der Waals surface area contributed by atoms with E-state index in [0.29, 0.717) is 38.5 Å². The largest absolute Gasteiger partial charge is 0.480 e. The predicted molar refractivity (Wildman–Crippen MR) is 267 cm³/mol. The van der Waals surface area contributed by atoms with Crippen LogP contribution in [-0.4, -0.2) is 199 Å². The Labute approximate surface area is 405 Å². The highest BCUT2D eigenvalue weighted by Crippen LogP contribution is 2.49. The van der Waals surface area contributed by atoms with E-state index in [2.05, 4.69) is 31.5 Å². The number of benzene rings is 3. The van der Waals surface area contributed by atoms with Crippen LogP contribution in [0.15, 0.2) is 95.0 Å². The number of anilines is 2. The van der Waals surface area contributed by atoms with E-state index >= 15 is 0 Å². The molecule has 1 atom stereocenters. The van der Waals surface area contributed by atoms with Gasteiger partial charge in [-0.25, -0.2) is 9.79 Å². The minimum Gasteiger partial charge on any atom is -0.480 e. The zero-order valence-corrected chi connectivity index (χ0v) is 40.1. The summed E-state index contributed by atoms with van der Waals surface area (Å²) in [6, 6.07) is 18.4. The summed E-state index contributed by atoms with van der Waals surface area (Å²) in [7, 11) is 10.0. The quantitative estimate of drug-likeness (QED) is 0.0780. The first-order valence-corrected chi connectivity index (χ1v) is 22.6. The van der Waals surface area contributed by atoms with Gasteiger partial charge in [0, 0.05) is 106 Å². The third-order valence-corrected chi connectivity index (χ3v) is 12.2. The Morgan fingerprint density at radius 2 is 1.28 bits per heavy atom. The monoisotopic (exact) mass is 967 g/mol. The molecule has 3 aliphatic rings. The van der Waals surface area contributed by atoms with Gasteiger partial charge in [0.25, 0.3) is 0 Å². The summed E-state index contributed by atoms with van der Waals surface area (Å²) in [5.41, 5.74) is 6.26. The summed E-state index contributed by atoms with van der Waals surface area (Å²) in [6.45, 7) is -0.187. The van der Waals surface area contributed by atoms with Gasteiger partial charge >= 0.3 is 29.8 Å². The number of nitrogens with one attached hydrogen (secondary N) is 1. The molecule has 1 saturated heterocycles. The number of rotatable bonds is 14. The molecule has 3 aromatic carbocycles. The van der Waals surface area contributed by atoms with Crippen LogP contribution in [0.1, 0.15) is 16.7 Å². The third kappa shape index (κ3) is 14.1. The number of allylic oxidation sites excluding steroid dienone is 3. The molecule has 20 heteroatoms. The lowest BCUT2D eigenvalue weighted by molar-refractivity contribution is -0.142. The first kappa shape index (κ1) is 51.6. The Morgan fingerprint density at radius 3 is 1.84 bits per heavy atom. The highest BCUT2D eigenvalue weighted by atomic mass is 32.1. The zero-order chi connectivity index (χ0) is 50.2. The summed E-state index contributed by atoms with van der Waals surface area (Å²) >= 11 is 5.63. The lowest BCUT2D eigenvalue weighted by Gasteiger charge is -2.37. The van der Waals surface area contributed by atoms with Gasteiger partial charge in [-0.2, -0.15) is 0 Å². The molecule has 1 aliphatic carbocycles. The molecule has 366 valence electrons. The van der Waals surface area contributed by atoms with E-state index in [1.165, 1.54) is 6.08 Å². The molecule has 2 heterocycles. The minimum absolute atomic E-state index is 0.0160. The fraction of sp³-hybridized carbons (Fsp3) is 0.367. The predicted octanol–water partition coefficient (Wildman–Crippen LogP) is 3.75. The van der Waals surface area contributed by atoms with Gasteiger partial charge in [-0.1, -0.05) is 18.2 Å². The number of thiocarbonyl (C=S) groups is 1. The second kappa shape index (κ2) is 22.5. The highest BCUT2D eigenvalue weighted by molar-refractivity contribution is 7.80. The number of ether oxygens (including phenoxy) is 1. The van der Waals surface area contributed by atoms with Gasteiger partial charge in [-0.05, 0) is 78.3 Å². The molecule has 19 nitrogen and oxygen atoms in total. The average Bonchev–Trinajstić information content (AvgIpc) is 3.26. The van der Waals surface area contributed by atoms with Crippen LogP contribution in [0.25, 0.3) is 5.57 Å². The number of fused-ring (bicyclic) bond motifs is 2. The Balaban J connectivity index is 1.25. The Kier molecular flexibility index (Phi) is 16.8. The smallest absolute Gasteiger partial charge is 0.336 e. The second-order valence-corrected chi connectivity index (χ2v) is 18.6. The molecule has 0 bridgehead atoms. The Morgan fingerprint density at radius 1 is 0.725 bits per heavy atom. The fourth-order valence-corrected chi connectivity index (χ4v) is 8.69. The molecule has 0 amide bonds. The first-order valence-electron chi connectivity index (χ1n) is 22.2. The van der Waals surface area contributed by atoms with Gasteiger partial charge in [0.1, 0.15) is 17.2 Å². The number of hydrogen-bond donors (Lipinski definition) is 6. The maximum atomic E-state index is 13.0. The normalized spacial score (nSPS) is 19.2. The third-order valence-electron chi connectivity index (χ3n) is 12.0. The van der Waals surface area contributed by atoms with E-state index in [-0.39, 0.29) is 89.1 Å². The molecular formula is C49H59N8O11S+. The number of quaternary nitrogens is 1. The Hall–Kier alpha value is -6.81. The van der Waals surface area contributed by atoms with E-state index in [1.807, 2.05) is 67.5 Å². The summed E-state index contributed by atoms with van der Waals surface area (Å²) in [6.07, 6.45) is 5.20. The van der Waals surface area contributed by atoms with E-state index in [0.717, 1.165) is 28.1 Å². The topological polar surface area (TPSA) is 236 Å². The van der Waals surface area contributed by atoms with Crippen LogP contribution >= 0.6 is 12.2 Å². The number of carbonyl (C=O) groups is 5. The molecule has 0 aromatic heterocycles. The van der Waals surface area contributed by atoms with Crippen molar-refractivity contribution >= 4 is 75.5 Å². The van der Waals surface area contributed by atoms with E-state index in [9.17, 15) is 49.5 Å². The molecule has 1 unspecified atom stereocenters. The van der Waals surface area contributed by atoms with Crippen LogP contribution in [0.5, 0.6) is 11.5 Å². The van der Waals surface area contributed by atoms with E-state index in [4.69, 9.17) is 17.0 Å². The van der Waals surface area contributed by atoms with Crippen LogP contribution in [0, 0.1) is 0 Å². The standard InChI is InChI=1S/C49H58N8O11S/c1-52(2)34-11-14-38-41(24-34)68-42-25-36(57(3,4)5)12-15-39(42)47(38)37-13-10-33(23-40(37)48(66)67)51-49(69)50-32-8-6-31(7-9-32)22-35-26-55(29-45(62)63)19-18-53(27-43(58)59)16-17-54(28-44(60)61)20-21-56(35)30-46(64)65/h6-15,23-25,35H,16-22,26-30H2,1-5H3,(H5-,50,58,59,60,61,62,63,64,65,66,67,69)/p+1/b47-37+,51-33-. The van der Waals surface area contributed by atoms with Crippen LogP contribution in [0.4, 0.5) is 17.1 Å². The maximum Gasteiger partial charge on any atom is 0.336 e. The first-order chi connectivity index (χ1) is 32.6. The number of aliphatic imine (C=N–C) groups is 1. The maximum absolute atomic E-state index is 13.0. The highest BCUT2D eigenvalue weighted by Gasteiger charge is 2.31. The van der Waals surface area contributed by atoms with E-state index < -0.39 is 35.9 Å². The number of nitrogens with zero attached hydrogens (tertiary/aromatic N) is 7. The van der Waals surface area contributed by atoms with Crippen molar-refractivity contribution in [2.45, 2.75) is 12.5 Å². The van der Waals surface area contributed by atoms with Crippen molar-refractivity contribution < 1.29 is 54.2 Å². The van der Waals surface area contributed by atoms with Crippen molar-refractivity contribution in [2.24, 2.45) is 4.99 Å². The molecule has 69 heavy (non-hydrogen) atoms.